The van der Waals surface area contributed by atoms with Gasteiger partial charge in [0.05, 0.1) is 0 Å². The highest BCUT2D eigenvalue weighted by Crippen LogP contribution is 2.19. The molecule has 0 aromatic carbocycles. The number of hydrogen-bond acceptors (Lipinski definition) is 5. The molecule has 1 fully saturated rings. The van der Waals surface area contributed by atoms with Crippen molar-refractivity contribution in [3.05, 3.63) is 0 Å². The molecule has 2 amide bonds. The van der Waals surface area contributed by atoms with Crippen LogP contribution in [-0.4, -0.2) is 28.6 Å². The number of carbonyl (C=O) groups excluding carboxylic acids is 4. The number of unbranched alkanes of at least 4 members (excludes halogenated alkanes) is 1. The highest BCUT2D eigenvalue weighted by atomic mass is 16.7. The monoisotopic (exact) mass is 283 g/mol. The number of carbonyl (C=O) groups is 4. The van der Waals surface area contributed by atoms with Crippen LogP contribution in [0.2, 0.25) is 0 Å². The standard InChI is InChI=1S/C14H21NO5/c1-14(2,3)10(16)6-4-5-7-13(19)20-15-11(17)8-9-12(15)18/h4-9H2,1-3H3. The fourth-order valence-electron chi connectivity index (χ4n) is 1.74. The van der Waals surface area contributed by atoms with Crippen molar-refractivity contribution in [1.29, 1.82) is 0 Å². The first-order chi connectivity index (χ1) is 9.21. The molecule has 6 nitrogen and oxygen atoms in total. The van der Waals surface area contributed by atoms with Gasteiger partial charge in [-0.25, -0.2) is 4.79 Å². The molecule has 6 heteroatoms. The topological polar surface area (TPSA) is 80.8 Å². The van der Waals surface area contributed by atoms with Crippen molar-refractivity contribution >= 4 is 23.6 Å². The number of amides is 2. The Balaban J connectivity index is 2.23. The first kappa shape index (κ1) is 16.3. The van der Waals surface area contributed by atoms with Crippen LogP contribution in [0.1, 0.15) is 59.3 Å². The molecule has 0 saturated carbocycles. The molecule has 0 radical (unpaired) electrons. The number of hydroxylamine groups is 2. The largest absolute Gasteiger partial charge is 0.333 e. The van der Waals surface area contributed by atoms with Crippen LogP contribution in [0.25, 0.3) is 0 Å². The van der Waals surface area contributed by atoms with E-state index < -0.39 is 17.8 Å². The van der Waals surface area contributed by atoms with E-state index in [1.165, 1.54) is 0 Å². The second kappa shape index (κ2) is 6.63. The van der Waals surface area contributed by atoms with Crippen molar-refractivity contribution in [3.8, 4) is 0 Å². The van der Waals surface area contributed by atoms with E-state index in [2.05, 4.69) is 0 Å². The summed E-state index contributed by atoms with van der Waals surface area (Å²) in [5, 5.41) is 0.544. The van der Waals surface area contributed by atoms with Crippen LogP contribution in [0, 0.1) is 5.41 Å². The summed E-state index contributed by atoms with van der Waals surface area (Å²) >= 11 is 0. The lowest BCUT2D eigenvalue weighted by Gasteiger charge is -2.16. The van der Waals surface area contributed by atoms with E-state index in [0.717, 1.165) is 0 Å². The minimum Gasteiger partial charge on any atom is -0.330 e. The molecule has 1 aliphatic heterocycles. The number of imide groups is 1. The molecule has 1 aliphatic rings. The smallest absolute Gasteiger partial charge is 0.330 e. The third-order valence-electron chi connectivity index (χ3n) is 3.07. The van der Waals surface area contributed by atoms with Gasteiger partial charge in [-0.2, -0.15) is 0 Å². The predicted molar refractivity (Wildman–Crippen MR) is 70.1 cm³/mol. The zero-order valence-electron chi connectivity index (χ0n) is 12.2. The van der Waals surface area contributed by atoms with Gasteiger partial charge in [-0.1, -0.05) is 20.8 Å². The Hall–Kier alpha value is -1.72. The molecule has 1 heterocycles. The lowest BCUT2D eigenvalue weighted by molar-refractivity contribution is -0.197. The van der Waals surface area contributed by atoms with Crippen LogP contribution in [0.4, 0.5) is 0 Å². The van der Waals surface area contributed by atoms with Crippen molar-refractivity contribution in [2.24, 2.45) is 5.41 Å². The van der Waals surface area contributed by atoms with Gasteiger partial charge in [-0.05, 0) is 12.8 Å². The van der Waals surface area contributed by atoms with Gasteiger partial charge >= 0.3 is 5.97 Å². The van der Waals surface area contributed by atoms with Crippen molar-refractivity contribution in [2.75, 3.05) is 0 Å². The SMILES string of the molecule is CC(C)(C)C(=O)CCCCC(=O)ON1C(=O)CCC1=O. The lowest BCUT2D eigenvalue weighted by Crippen LogP contribution is -2.31. The number of nitrogens with zero attached hydrogens (tertiary/aromatic N) is 1. The van der Waals surface area contributed by atoms with Crippen LogP contribution >= 0.6 is 0 Å². The van der Waals surface area contributed by atoms with Crippen molar-refractivity contribution < 1.29 is 24.0 Å². The second-order valence-corrected chi connectivity index (χ2v) is 5.93. The molecule has 0 aromatic heterocycles. The summed E-state index contributed by atoms with van der Waals surface area (Å²) in [6.07, 6.45) is 1.77. The molecule has 0 aromatic rings. The Labute approximate surface area is 118 Å². The molecule has 1 rings (SSSR count). The van der Waals surface area contributed by atoms with E-state index in [4.69, 9.17) is 4.84 Å². The number of Topliss-reactive ketones (excluding diaryl/α,β-unsaturated/α-hetero) is 1. The Morgan fingerprint density at radius 3 is 2.05 bits per heavy atom. The maximum absolute atomic E-state index is 11.7. The molecule has 0 spiro atoms. The maximum Gasteiger partial charge on any atom is 0.333 e. The highest BCUT2D eigenvalue weighted by Gasteiger charge is 2.32. The molecule has 0 atom stereocenters. The maximum atomic E-state index is 11.7. The van der Waals surface area contributed by atoms with Gasteiger partial charge in [-0.15, -0.1) is 5.06 Å². The fourth-order valence-corrected chi connectivity index (χ4v) is 1.74. The number of hydrogen-bond donors (Lipinski definition) is 0. The Kier molecular flexibility index (Phi) is 5.42. The van der Waals surface area contributed by atoms with Crippen LogP contribution in [0.15, 0.2) is 0 Å². The lowest BCUT2D eigenvalue weighted by atomic mass is 9.88. The molecular weight excluding hydrogens is 262 g/mol. The molecule has 112 valence electrons. The number of ketones is 1. The van der Waals surface area contributed by atoms with Crippen LogP contribution < -0.4 is 0 Å². The molecule has 20 heavy (non-hydrogen) atoms. The first-order valence-electron chi connectivity index (χ1n) is 6.81. The Morgan fingerprint density at radius 2 is 1.55 bits per heavy atom. The zero-order chi connectivity index (χ0) is 15.3. The summed E-state index contributed by atoms with van der Waals surface area (Å²) in [4.78, 5) is 50.3. The van der Waals surface area contributed by atoms with Crippen molar-refractivity contribution in [2.45, 2.75) is 59.3 Å². The summed E-state index contributed by atoms with van der Waals surface area (Å²) in [6, 6.07) is 0. The van der Waals surface area contributed by atoms with E-state index in [1.807, 2.05) is 20.8 Å². The third-order valence-corrected chi connectivity index (χ3v) is 3.07. The molecule has 1 saturated heterocycles. The second-order valence-electron chi connectivity index (χ2n) is 5.93. The average Bonchev–Trinajstić information content (AvgIpc) is 2.65. The van der Waals surface area contributed by atoms with E-state index in [-0.39, 0.29) is 30.5 Å². The van der Waals surface area contributed by atoms with Crippen molar-refractivity contribution in [1.82, 2.24) is 5.06 Å². The van der Waals surface area contributed by atoms with Gasteiger partial charge in [0.2, 0.25) is 0 Å². The van der Waals surface area contributed by atoms with E-state index >= 15 is 0 Å². The summed E-state index contributed by atoms with van der Waals surface area (Å²) in [5.41, 5.74) is -0.366. The summed E-state index contributed by atoms with van der Waals surface area (Å²) in [5.74, 6) is -1.43. The van der Waals surface area contributed by atoms with Gasteiger partial charge in [0.1, 0.15) is 5.78 Å². The van der Waals surface area contributed by atoms with E-state index in [9.17, 15) is 19.2 Å². The summed E-state index contributed by atoms with van der Waals surface area (Å²) in [6.45, 7) is 5.57. The van der Waals surface area contributed by atoms with Crippen molar-refractivity contribution in [3.63, 3.8) is 0 Å². The van der Waals surface area contributed by atoms with Gasteiger partial charge in [0.15, 0.2) is 0 Å². The highest BCUT2D eigenvalue weighted by molar-refractivity contribution is 6.01. The summed E-state index contributed by atoms with van der Waals surface area (Å²) in [7, 11) is 0. The zero-order valence-corrected chi connectivity index (χ0v) is 12.2. The minimum atomic E-state index is -0.614. The Bertz CT molecular complexity index is 406. The molecule has 0 bridgehead atoms. The van der Waals surface area contributed by atoms with Crippen LogP contribution in [0.5, 0.6) is 0 Å². The number of rotatable bonds is 6. The van der Waals surface area contributed by atoms with E-state index in [0.29, 0.717) is 24.3 Å². The molecule has 0 aliphatic carbocycles. The van der Waals surface area contributed by atoms with Gasteiger partial charge in [0, 0.05) is 31.1 Å². The predicted octanol–water partition coefficient (Wildman–Crippen LogP) is 1.77. The molecule has 0 unspecified atom stereocenters. The normalized spacial score (nSPS) is 15.7. The summed E-state index contributed by atoms with van der Waals surface area (Å²) < 4.78 is 0. The fraction of sp³-hybridized carbons (Fsp3) is 0.714. The molecule has 0 N–H and O–H groups in total. The van der Waals surface area contributed by atoms with Gasteiger partial charge < -0.3 is 4.84 Å². The average molecular weight is 283 g/mol. The van der Waals surface area contributed by atoms with Gasteiger partial charge in [0.25, 0.3) is 11.8 Å². The van der Waals surface area contributed by atoms with E-state index in [1.54, 1.807) is 0 Å². The molecular formula is C14H21NO5. The Morgan fingerprint density at radius 1 is 1.05 bits per heavy atom. The third kappa shape index (κ3) is 4.75. The van der Waals surface area contributed by atoms with Crippen LogP contribution in [0.3, 0.4) is 0 Å². The quantitative estimate of drug-likeness (QED) is 0.548. The minimum absolute atomic E-state index is 0.0895. The van der Waals surface area contributed by atoms with Gasteiger partial charge in [-0.3, -0.25) is 14.4 Å². The van der Waals surface area contributed by atoms with Crippen LogP contribution in [-0.2, 0) is 24.0 Å². The first-order valence-corrected chi connectivity index (χ1v) is 6.81.